The van der Waals surface area contributed by atoms with Gasteiger partial charge >= 0.3 is 6.36 Å². The summed E-state index contributed by atoms with van der Waals surface area (Å²) < 4.78 is 46.1. The van der Waals surface area contributed by atoms with Crippen molar-refractivity contribution in [2.45, 2.75) is 12.9 Å². The standard InChI is InChI=1S/C16H16F3N3O3.HI/c1-24-11-6-7-13(23)10(8-11)9-21-15(20)22-12-4-2-3-5-14(12)25-16(17,18)19;/h2-8,23H,9H2,1H3,(H3,20,21,22);1H. The second-order valence-corrected chi connectivity index (χ2v) is 4.87. The van der Waals surface area contributed by atoms with Gasteiger partial charge in [0.25, 0.3) is 0 Å². The fourth-order valence-electron chi connectivity index (χ4n) is 1.95. The van der Waals surface area contributed by atoms with Crippen LogP contribution in [0.1, 0.15) is 5.56 Å². The van der Waals surface area contributed by atoms with Crippen molar-refractivity contribution in [2.24, 2.45) is 10.7 Å². The molecule has 26 heavy (non-hydrogen) atoms. The molecule has 0 saturated heterocycles. The number of rotatable bonds is 5. The summed E-state index contributed by atoms with van der Waals surface area (Å²) in [4.78, 5) is 3.99. The third-order valence-corrected chi connectivity index (χ3v) is 3.08. The van der Waals surface area contributed by atoms with E-state index in [4.69, 9.17) is 10.5 Å². The van der Waals surface area contributed by atoms with Crippen molar-refractivity contribution >= 4 is 35.6 Å². The predicted molar refractivity (Wildman–Crippen MR) is 102 cm³/mol. The minimum atomic E-state index is -4.82. The van der Waals surface area contributed by atoms with Crippen LogP contribution in [0.15, 0.2) is 47.5 Å². The second-order valence-electron chi connectivity index (χ2n) is 4.87. The van der Waals surface area contributed by atoms with Gasteiger partial charge in [-0.05, 0) is 30.3 Å². The fraction of sp³-hybridized carbons (Fsp3) is 0.188. The topological polar surface area (TPSA) is 89.1 Å². The molecule has 0 radical (unpaired) electrons. The number of aromatic hydroxyl groups is 1. The maximum absolute atomic E-state index is 12.4. The molecule has 142 valence electrons. The third-order valence-electron chi connectivity index (χ3n) is 3.08. The van der Waals surface area contributed by atoms with Crippen LogP contribution in [0.3, 0.4) is 0 Å². The summed E-state index contributed by atoms with van der Waals surface area (Å²) in [6.07, 6.45) is -4.82. The lowest BCUT2D eigenvalue weighted by atomic mass is 10.2. The molecule has 0 bridgehead atoms. The number of ether oxygens (including phenoxy) is 2. The Bertz CT molecular complexity index is 770. The first-order chi connectivity index (χ1) is 11.8. The van der Waals surface area contributed by atoms with E-state index in [1.807, 2.05) is 0 Å². The number of hydrogen-bond acceptors (Lipinski definition) is 4. The number of phenolic OH excluding ortho intramolecular Hbond substituents is 1. The molecular weight excluding hydrogens is 466 g/mol. The Hall–Kier alpha value is -2.37. The molecule has 6 nitrogen and oxygen atoms in total. The summed E-state index contributed by atoms with van der Waals surface area (Å²) >= 11 is 0. The van der Waals surface area contributed by atoms with Crippen molar-refractivity contribution < 1.29 is 27.8 Å². The van der Waals surface area contributed by atoms with Crippen LogP contribution in [0.2, 0.25) is 0 Å². The van der Waals surface area contributed by atoms with Crippen molar-refractivity contribution in [3.8, 4) is 17.2 Å². The molecule has 0 heterocycles. The second kappa shape index (κ2) is 9.36. The van der Waals surface area contributed by atoms with Gasteiger partial charge in [-0.15, -0.1) is 37.1 Å². The van der Waals surface area contributed by atoms with E-state index >= 15 is 0 Å². The Balaban J connectivity index is 0.00000338. The van der Waals surface area contributed by atoms with Crippen LogP contribution < -0.4 is 20.5 Å². The highest BCUT2D eigenvalue weighted by Crippen LogP contribution is 2.30. The Morgan fingerprint density at radius 1 is 1.23 bits per heavy atom. The van der Waals surface area contributed by atoms with E-state index in [2.05, 4.69) is 15.0 Å². The molecular formula is C16H17F3IN3O3. The van der Waals surface area contributed by atoms with Gasteiger partial charge in [0.1, 0.15) is 11.5 Å². The van der Waals surface area contributed by atoms with Gasteiger partial charge in [-0.25, -0.2) is 4.99 Å². The molecule has 10 heteroatoms. The molecule has 0 unspecified atom stereocenters. The molecule has 2 rings (SSSR count). The number of nitrogens with one attached hydrogen (secondary N) is 1. The van der Waals surface area contributed by atoms with Crippen molar-refractivity contribution in [3.05, 3.63) is 48.0 Å². The number of nitrogens with two attached hydrogens (primary N) is 1. The summed E-state index contributed by atoms with van der Waals surface area (Å²) in [6.45, 7) is 0.00413. The van der Waals surface area contributed by atoms with E-state index in [1.165, 1.54) is 31.4 Å². The van der Waals surface area contributed by atoms with Crippen molar-refractivity contribution in [1.29, 1.82) is 0 Å². The normalized spacial score (nSPS) is 11.5. The van der Waals surface area contributed by atoms with Crippen LogP contribution in [0.25, 0.3) is 0 Å². The van der Waals surface area contributed by atoms with E-state index in [0.717, 1.165) is 6.07 Å². The first-order valence-corrected chi connectivity index (χ1v) is 7.06. The van der Waals surface area contributed by atoms with Gasteiger partial charge < -0.3 is 25.6 Å². The number of phenols is 1. The van der Waals surface area contributed by atoms with Crippen LogP contribution in [0.4, 0.5) is 18.9 Å². The van der Waals surface area contributed by atoms with Gasteiger partial charge in [0, 0.05) is 5.56 Å². The summed E-state index contributed by atoms with van der Waals surface area (Å²) in [5, 5.41) is 12.3. The van der Waals surface area contributed by atoms with Gasteiger partial charge in [-0.3, -0.25) is 0 Å². The smallest absolute Gasteiger partial charge is 0.508 e. The maximum Gasteiger partial charge on any atom is 0.573 e. The van der Waals surface area contributed by atoms with Crippen LogP contribution in [0.5, 0.6) is 17.2 Å². The SMILES string of the molecule is COc1ccc(O)c(CN=C(N)Nc2ccccc2OC(F)(F)F)c1.I. The Labute approximate surface area is 164 Å². The van der Waals surface area contributed by atoms with E-state index in [9.17, 15) is 18.3 Å². The minimum Gasteiger partial charge on any atom is -0.508 e. The van der Waals surface area contributed by atoms with Gasteiger partial charge in [-0.1, -0.05) is 12.1 Å². The van der Waals surface area contributed by atoms with Crippen LogP contribution in [0, 0.1) is 0 Å². The lowest BCUT2D eigenvalue weighted by Gasteiger charge is -2.14. The first kappa shape index (κ1) is 21.7. The zero-order valence-electron chi connectivity index (χ0n) is 13.6. The molecule has 0 spiro atoms. The molecule has 0 atom stereocenters. The highest BCUT2D eigenvalue weighted by atomic mass is 127. The van der Waals surface area contributed by atoms with Crippen LogP contribution in [-0.4, -0.2) is 24.5 Å². The average molecular weight is 483 g/mol. The van der Waals surface area contributed by atoms with Crippen molar-refractivity contribution in [2.75, 3.05) is 12.4 Å². The third kappa shape index (κ3) is 6.50. The van der Waals surface area contributed by atoms with Gasteiger partial charge in [0.15, 0.2) is 11.7 Å². The van der Waals surface area contributed by atoms with Crippen LogP contribution in [-0.2, 0) is 6.54 Å². The molecule has 0 aliphatic heterocycles. The minimum absolute atomic E-state index is 0. The number of benzene rings is 2. The summed E-state index contributed by atoms with van der Waals surface area (Å²) in [5.74, 6) is -0.0468. The number of anilines is 1. The maximum atomic E-state index is 12.4. The molecule has 2 aromatic rings. The number of alkyl halides is 3. The van der Waals surface area contributed by atoms with Crippen molar-refractivity contribution in [3.63, 3.8) is 0 Å². The summed E-state index contributed by atoms with van der Waals surface area (Å²) in [7, 11) is 1.48. The number of hydrogen-bond donors (Lipinski definition) is 3. The van der Waals surface area contributed by atoms with Gasteiger partial charge in [-0.2, -0.15) is 0 Å². The van der Waals surface area contributed by atoms with Crippen LogP contribution >= 0.6 is 24.0 Å². The first-order valence-electron chi connectivity index (χ1n) is 7.06. The molecule has 0 aliphatic carbocycles. The van der Waals surface area contributed by atoms with Gasteiger partial charge in [0.2, 0.25) is 0 Å². The van der Waals surface area contributed by atoms with E-state index in [1.54, 1.807) is 12.1 Å². The molecule has 4 N–H and O–H groups in total. The molecule has 0 saturated carbocycles. The monoisotopic (exact) mass is 483 g/mol. The Morgan fingerprint density at radius 3 is 2.58 bits per heavy atom. The van der Waals surface area contributed by atoms with Crippen molar-refractivity contribution in [1.82, 2.24) is 0 Å². The fourth-order valence-corrected chi connectivity index (χ4v) is 1.95. The lowest BCUT2D eigenvalue weighted by Crippen LogP contribution is -2.24. The number of nitrogens with zero attached hydrogens (tertiary/aromatic N) is 1. The molecule has 0 amide bonds. The highest BCUT2D eigenvalue weighted by Gasteiger charge is 2.32. The molecule has 0 aromatic heterocycles. The largest absolute Gasteiger partial charge is 0.573 e. The number of guanidine groups is 1. The predicted octanol–water partition coefficient (Wildman–Crippen LogP) is 3.84. The van der Waals surface area contributed by atoms with E-state index in [0.29, 0.717) is 11.3 Å². The number of para-hydroxylation sites is 2. The Kier molecular flexibility index (Phi) is 7.80. The molecule has 2 aromatic carbocycles. The Morgan fingerprint density at radius 2 is 1.92 bits per heavy atom. The van der Waals surface area contributed by atoms with E-state index < -0.39 is 12.1 Å². The zero-order valence-corrected chi connectivity index (χ0v) is 15.9. The summed E-state index contributed by atoms with van der Waals surface area (Å²) in [6, 6.07) is 10.0. The quantitative estimate of drug-likeness (QED) is 0.342. The average Bonchev–Trinajstić information content (AvgIpc) is 2.54. The zero-order chi connectivity index (χ0) is 18.4. The number of aliphatic imine (C=N–C) groups is 1. The molecule has 0 aliphatic rings. The van der Waals surface area contributed by atoms with E-state index in [-0.39, 0.29) is 47.9 Å². The summed E-state index contributed by atoms with van der Waals surface area (Å²) in [5.41, 5.74) is 6.15. The number of halogens is 4. The van der Waals surface area contributed by atoms with Gasteiger partial charge in [0.05, 0.1) is 19.3 Å². The highest BCUT2D eigenvalue weighted by molar-refractivity contribution is 14.0. The number of methoxy groups -OCH3 is 1. The molecule has 0 fully saturated rings. The lowest BCUT2D eigenvalue weighted by molar-refractivity contribution is -0.274.